The Morgan fingerprint density at radius 1 is 1.29 bits per heavy atom. The summed E-state index contributed by atoms with van der Waals surface area (Å²) >= 11 is 5.23. The first-order chi connectivity index (χ1) is 10.3. The maximum Gasteiger partial charge on any atom is 0.101 e. The van der Waals surface area contributed by atoms with E-state index in [1.54, 1.807) is 11.3 Å². The second-order valence-electron chi connectivity index (χ2n) is 5.48. The van der Waals surface area contributed by atoms with E-state index in [0.717, 1.165) is 10.2 Å². The van der Waals surface area contributed by atoms with Crippen LogP contribution in [-0.4, -0.2) is 0 Å². The summed E-state index contributed by atoms with van der Waals surface area (Å²) in [6.45, 7) is 0. The van der Waals surface area contributed by atoms with Crippen LogP contribution in [0.15, 0.2) is 40.2 Å². The smallest absolute Gasteiger partial charge is 0.101 e. The van der Waals surface area contributed by atoms with Gasteiger partial charge in [-0.25, -0.2) is 0 Å². The van der Waals surface area contributed by atoms with Gasteiger partial charge in [0.1, 0.15) is 6.07 Å². The number of hydrogen-bond donors (Lipinski definition) is 1. The van der Waals surface area contributed by atoms with Crippen molar-refractivity contribution in [1.29, 1.82) is 5.26 Å². The lowest BCUT2D eigenvalue weighted by Gasteiger charge is -2.25. The van der Waals surface area contributed by atoms with Crippen LogP contribution >= 0.6 is 27.3 Å². The molecule has 1 aromatic heterocycles. The van der Waals surface area contributed by atoms with Crippen molar-refractivity contribution in [1.82, 2.24) is 0 Å². The summed E-state index contributed by atoms with van der Waals surface area (Å²) in [6, 6.07) is 12.8. The Bertz CT molecular complexity index is 639. The highest BCUT2D eigenvalue weighted by Gasteiger charge is 2.27. The molecule has 1 aliphatic carbocycles. The fraction of sp³-hybridized carbons (Fsp3) is 0.353. The predicted molar refractivity (Wildman–Crippen MR) is 91.5 cm³/mol. The van der Waals surface area contributed by atoms with E-state index in [1.807, 2.05) is 18.2 Å². The minimum Gasteiger partial charge on any atom is -0.376 e. The summed E-state index contributed by atoms with van der Waals surface area (Å²) in [5.41, 5.74) is 1.63. The monoisotopic (exact) mass is 360 g/mol. The largest absolute Gasteiger partial charge is 0.376 e. The molecule has 3 rings (SSSR count). The van der Waals surface area contributed by atoms with Crippen molar-refractivity contribution in [3.63, 3.8) is 0 Å². The molecule has 0 saturated heterocycles. The van der Waals surface area contributed by atoms with Crippen LogP contribution in [0.25, 0.3) is 0 Å². The van der Waals surface area contributed by atoms with Crippen molar-refractivity contribution in [2.45, 2.75) is 31.7 Å². The highest BCUT2D eigenvalue weighted by Crippen LogP contribution is 2.40. The third-order valence-electron chi connectivity index (χ3n) is 4.13. The Morgan fingerprint density at radius 2 is 2.10 bits per heavy atom. The molecule has 1 fully saturated rings. The van der Waals surface area contributed by atoms with Gasteiger partial charge in [0, 0.05) is 9.35 Å². The Kier molecular flexibility index (Phi) is 4.62. The molecule has 2 aromatic rings. The lowest BCUT2D eigenvalue weighted by atomic mass is 9.96. The van der Waals surface area contributed by atoms with E-state index in [9.17, 15) is 5.26 Å². The normalized spacial score (nSPS) is 16.6. The molecule has 0 aliphatic heterocycles. The van der Waals surface area contributed by atoms with E-state index in [0.29, 0.717) is 17.5 Å². The van der Waals surface area contributed by atoms with Gasteiger partial charge in [-0.15, -0.1) is 11.3 Å². The molecule has 0 bridgehead atoms. The molecule has 0 spiro atoms. The van der Waals surface area contributed by atoms with Crippen LogP contribution < -0.4 is 5.32 Å². The van der Waals surface area contributed by atoms with Gasteiger partial charge in [-0.05, 0) is 48.4 Å². The minimum absolute atomic E-state index is 0.320. The van der Waals surface area contributed by atoms with Gasteiger partial charge in [0.25, 0.3) is 0 Å². The third kappa shape index (κ3) is 3.30. The van der Waals surface area contributed by atoms with Crippen LogP contribution in [0.4, 0.5) is 5.69 Å². The highest BCUT2D eigenvalue weighted by molar-refractivity contribution is 9.10. The van der Waals surface area contributed by atoms with Crippen LogP contribution in [0.3, 0.4) is 0 Å². The zero-order chi connectivity index (χ0) is 14.7. The fourth-order valence-electron chi connectivity index (χ4n) is 3.08. The van der Waals surface area contributed by atoms with Crippen LogP contribution in [-0.2, 0) is 0 Å². The topological polar surface area (TPSA) is 35.8 Å². The standard InChI is InChI=1S/C17H17BrN2S/c18-14-7-8-15(13(10-14)11-19)20-17(12-4-1-2-5-12)16-6-3-9-21-16/h3,6-10,12,17,20H,1-2,4-5H2. The molecule has 1 saturated carbocycles. The van der Waals surface area contributed by atoms with Gasteiger partial charge < -0.3 is 5.32 Å². The number of nitrogens with zero attached hydrogens (tertiary/aromatic N) is 1. The molecular weight excluding hydrogens is 344 g/mol. The Hall–Kier alpha value is -1.31. The second-order valence-corrected chi connectivity index (χ2v) is 7.38. The fourth-order valence-corrected chi connectivity index (χ4v) is 4.31. The molecule has 1 atom stereocenters. The molecule has 1 heterocycles. The average molecular weight is 361 g/mol. The van der Waals surface area contributed by atoms with Crippen LogP contribution in [0.5, 0.6) is 0 Å². The van der Waals surface area contributed by atoms with Gasteiger partial charge in [-0.2, -0.15) is 5.26 Å². The van der Waals surface area contributed by atoms with E-state index in [-0.39, 0.29) is 0 Å². The first-order valence-electron chi connectivity index (χ1n) is 7.27. The van der Waals surface area contributed by atoms with Crippen LogP contribution in [0.1, 0.15) is 42.2 Å². The molecule has 21 heavy (non-hydrogen) atoms. The van der Waals surface area contributed by atoms with Crippen molar-refractivity contribution in [3.8, 4) is 6.07 Å². The summed E-state index contributed by atoms with van der Waals surface area (Å²) in [7, 11) is 0. The molecule has 1 unspecified atom stereocenters. The Morgan fingerprint density at radius 3 is 2.76 bits per heavy atom. The number of anilines is 1. The van der Waals surface area contributed by atoms with E-state index in [4.69, 9.17) is 0 Å². The molecule has 1 aromatic carbocycles. The lowest BCUT2D eigenvalue weighted by molar-refractivity contribution is 0.475. The quantitative estimate of drug-likeness (QED) is 0.755. The van der Waals surface area contributed by atoms with Gasteiger partial charge in [0.2, 0.25) is 0 Å². The number of benzene rings is 1. The first kappa shape index (κ1) is 14.6. The second kappa shape index (κ2) is 6.64. The number of nitrogens with one attached hydrogen (secondary N) is 1. The average Bonchev–Trinajstić information content (AvgIpc) is 3.19. The third-order valence-corrected chi connectivity index (χ3v) is 5.58. The lowest BCUT2D eigenvalue weighted by Crippen LogP contribution is -2.18. The SMILES string of the molecule is N#Cc1cc(Br)ccc1NC(c1cccs1)C1CCCC1. The summed E-state index contributed by atoms with van der Waals surface area (Å²) < 4.78 is 0.943. The number of halogens is 1. The van der Waals surface area contributed by atoms with E-state index >= 15 is 0 Å². The molecule has 1 aliphatic rings. The first-order valence-corrected chi connectivity index (χ1v) is 8.95. The number of rotatable bonds is 4. The maximum absolute atomic E-state index is 9.34. The zero-order valence-corrected chi connectivity index (χ0v) is 14.1. The molecule has 2 nitrogen and oxygen atoms in total. The maximum atomic E-state index is 9.34. The van der Waals surface area contributed by atoms with E-state index in [1.165, 1.54) is 30.6 Å². The van der Waals surface area contributed by atoms with Gasteiger partial charge in [0.05, 0.1) is 17.3 Å². The molecule has 108 valence electrons. The number of hydrogen-bond acceptors (Lipinski definition) is 3. The van der Waals surface area contributed by atoms with Crippen molar-refractivity contribution >= 4 is 33.0 Å². The predicted octanol–water partition coefficient (Wildman–Crippen LogP) is 5.73. The number of nitriles is 1. The Labute approximate surface area is 137 Å². The van der Waals surface area contributed by atoms with Crippen molar-refractivity contribution in [2.24, 2.45) is 5.92 Å². The van der Waals surface area contributed by atoms with Gasteiger partial charge in [-0.1, -0.05) is 34.8 Å². The molecule has 0 radical (unpaired) electrons. The van der Waals surface area contributed by atoms with Crippen molar-refractivity contribution in [2.75, 3.05) is 5.32 Å². The van der Waals surface area contributed by atoms with Crippen molar-refractivity contribution in [3.05, 3.63) is 50.6 Å². The highest BCUT2D eigenvalue weighted by atomic mass is 79.9. The van der Waals surface area contributed by atoms with Crippen LogP contribution in [0, 0.1) is 17.2 Å². The van der Waals surface area contributed by atoms with E-state index in [2.05, 4.69) is 44.8 Å². The molecule has 4 heteroatoms. The summed E-state index contributed by atoms with van der Waals surface area (Å²) in [5, 5.41) is 15.1. The Balaban J connectivity index is 1.90. The van der Waals surface area contributed by atoms with Gasteiger partial charge >= 0.3 is 0 Å². The summed E-state index contributed by atoms with van der Waals surface area (Å²) in [5.74, 6) is 0.666. The van der Waals surface area contributed by atoms with Crippen LogP contribution in [0.2, 0.25) is 0 Å². The minimum atomic E-state index is 0.320. The van der Waals surface area contributed by atoms with E-state index < -0.39 is 0 Å². The molecular formula is C17H17BrN2S. The van der Waals surface area contributed by atoms with Crippen molar-refractivity contribution < 1.29 is 0 Å². The summed E-state index contributed by atoms with van der Waals surface area (Å²) in [6.07, 6.45) is 5.18. The van der Waals surface area contributed by atoms with Gasteiger partial charge in [0.15, 0.2) is 0 Å². The number of thiophene rings is 1. The molecule has 1 N–H and O–H groups in total. The molecule has 0 amide bonds. The summed E-state index contributed by atoms with van der Waals surface area (Å²) in [4.78, 5) is 1.37. The zero-order valence-electron chi connectivity index (χ0n) is 11.7. The van der Waals surface area contributed by atoms with Gasteiger partial charge in [-0.3, -0.25) is 0 Å².